The van der Waals surface area contributed by atoms with Crippen molar-refractivity contribution in [2.75, 3.05) is 19.6 Å². The number of benzene rings is 1. The van der Waals surface area contributed by atoms with E-state index >= 15 is 0 Å². The van der Waals surface area contributed by atoms with Crippen LogP contribution < -0.4 is 10.6 Å². The summed E-state index contributed by atoms with van der Waals surface area (Å²) in [7, 11) is 0. The molecule has 2 aliphatic carbocycles. The van der Waals surface area contributed by atoms with Crippen LogP contribution in [-0.2, 0) is 6.42 Å². The Morgan fingerprint density at radius 1 is 1.25 bits per heavy atom. The summed E-state index contributed by atoms with van der Waals surface area (Å²) in [5, 5.41) is 7.09. The van der Waals surface area contributed by atoms with E-state index in [0.29, 0.717) is 0 Å². The van der Waals surface area contributed by atoms with Crippen molar-refractivity contribution in [2.24, 2.45) is 11.8 Å². The van der Waals surface area contributed by atoms with E-state index in [2.05, 4.69) is 34.9 Å². The average molecular weight is 214 g/mol. The molecule has 2 fully saturated rings. The van der Waals surface area contributed by atoms with Gasteiger partial charge < -0.3 is 10.6 Å². The summed E-state index contributed by atoms with van der Waals surface area (Å²) in [6.45, 7) is 3.64. The van der Waals surface area contributed by atoms with Gasteiger partial charge in [0.05, 0.1) is 0 Å². The minimum absolute atomic E-state index is 0.787. The summed E-state index contributed by atoms with van der Waals surface area (Å²) in [4.78, 5) is 0. The van der Waals surface area contributed by atoms with E-state index in [1.807, 2.05) is 0 Å². The molecular formula is C14H18N2. The first-order chi connectivity index (χ1) is 7.93. The molecule has 1 heterocycles. The highest BCUT2D eigenvalue weighted by molar-refractivity contribution is 5.44. The van der Waals surface area contributed by atoms with Gasteiger partial charge in [-0.3, -0.25) is 0 Å². The Labute approximate surface area is 96.4 Å². The predicted octanol–water partition coefficient (Wildman–Crippen LogP) is 1.13. The van der Waals surface area contributed by atoms with Gasteiger partial charge >= 0.3 is 0 Å². The van der Waals surface area contributed by atoms with E-state index in [9.17, 15) is 0 Å². The molecule has 2 nitrogen and oxygen atoms in total. The van der Waals surface area contributed by atoms with Crippen LogP contribution in [-0.4, -0.2) is 25.7 Å². The molecule has 84 valence electrons. The van der Waals surface area contributed by atoms with Crippen molar-refractivity contribution in [3.05, 3.63) is 35.4 Å². The first-order valence-electron chi connectivity index (χ1n) is 6.45. The second-order valence-electron chi connectivity index (χ2n) is 5.55. The van der Waals surface area contributed by atoms with E-state index < -0.39 is 0 Å². The highest BCUT2D eigenvalue weighted by atomic mass is 15.0. The van der Waals surface area contributed by atoms with Gasteiger partial charge in [0, 0.05) is 31.6 Å². The second-order valence-corrected chi connectivity index (χ2v) is 5.55. The van der Waals surface area contributed by atoms with Gasteiger partial charge in [-0.25, -0.2) is 0 Å². The number of hydrogen-bond donors (Lipinski definition) is 2. The molecule has 4 rings (SSSR count). The lowest BCUT2D eigenvalue weighted by molar-refractivity contribution is 0.328. The van der Waals surface area contributed by atoms with Crippen molar-refractivity contribution < 1.29 is 0 Å². The molecule has 1 aromatic rings. The highest BCUT2D eigenvalue weighted by Gasteiger charge is 2.55. The zero-order valence-corrected chi connectivity index (χ0v) is 9.45. The van der Waals surface area contributed by atoms with Crippen molar-refractivity contribution in [1.29, 1.82) is 0 Å². The van der Waals surface area contributed by atoms with Crippen molar-refractivity contribution in [3.63, 3.8) is 0 Å². The molecular weight excluding hydrogens is 196 g/mol. The van der Waals surface area contributed by atoms with Crippen LogP contribution in [0.5, 0.6) is 0 Å². The van der Waals surface area contributed by atoms with Gasteiger partial charge in [0.15, 0.2) is 0 Å². The van der Waals surface area contributed by atoms with Crippen LogP contribution in [0.15, 0.2) is 24.3 Å². The molecule has 3 unspecified atom stereocenters. The first-order valence-corrected chi connectivity index (χ1v) is 6.45. The first kappa shape index (κ1) is 9.20. The molecule has 3 atom stereocenters. The predicted molar refractivity (Wildman–Crippen MR) is 64.5 cm³/mol. The molecule has 2 heteroatoms. The Balaban J connectivity index is 1.41. The SMILES string of the molecule is c1ccc2c(c1)CC1C(NCC3CNC3)C21. The van der Waals surface area contributed by atoms with Crippen LogP contribution in [0.25, 0.3) is 0 Å². The van der Waals surface area contributed by atoms with Crippen molar-refractivity contribution >= 4 is 0 Å². The van der Waals surface area contributed by atoms with Crippen LogP contribution >= 0.6 is 0 Å². The summed E-state index contributed by atoms with van der Waals surface area (Å²) in [5.74, 6) is 2.63. The molecule has 2 N–H and O–H groups in total. The van der Waals surface area contributed by atoms with Crippen molar-refractivity contribution in [1.82, 2.24) is 10.6 Å². The summed E-state index contributed by atoms with van der Waals surface area (Å²) < 4.78 is 0. The van der Waals surface area contributed by atoms with Gasteiger partial charge in [-0.05, 0) is 29.4 Å². The minimum Gasteiger partial charge on any atom is -0.316 e. The summed E-state index contributed by atoms with van der Waals surface area (Å²) in [6.07, 6.45) is 1.31. The van der Waals surface area contributed by atoms with E-state index in [4.69, 9.17) is 0 Å². The van der Waals surface area contributed by atoms with Gasteiger partial charge in [-0.1, -0.05) is 24.3 Å². The Bertz CT molecular complexity index is 411. The topological polar surface area (TPSA) is 24.1 Å². The Kier molecular flexibility index (Phi) is 1.91. The molecule has 0 spiro atoms. The highest BCUT2D eigenvalue weighted by Crippen LogP contribution is 2.56. The maximum atomic E-state index is 3.76. The van der Waals surface area contributed by atoms with Gasteiger partial charge in [0.1, 0.15) is 0 Å². The average Bonchev–Trinajstić information content (AvgIpc) is 2.78. The normalized spacial score (nSPS) is 35.4. The van der Waals surface area contributed by atoms with E-state index in [-0.39, 0.29) is 0 Å². The van der Waals surface area contributed by atoms with Gasteiger partial charge in [-0.15, -0.1) is 0 Å². The third-order valence-electron chi connectivity index (χ3n) is 4.55. The standard InChI is InChI=1S/C14H18N2/c1-2-4-11-10(3-1)5-12-13(11)14(12)16-8-9-6-15-7-9/h1-4,9,12-16H,5-8H2. The monoisotopic (exact) mass is 214 g/mol. The molecule has 1 aliphatic heterocycles. The molecule has 3 aliphatic rings. The Morgan fingerprint density at radius 2 is 2.12 bits per heavy atom. The van der Waals surface area contributed by atoms with Gasteiger partial charge in [0.2, 0.25) is 0 Å². The maximum absolute atomic E-state index is 3.76. The third kappa shape index (κ3) is 1.26. The summed E-state index contributed by atoms with van der Waals surface area (Å²) in [6, 6.07) is 9.77. The fourth-order valence-corrected chi connectivity index (χ4v) is 3.42. The van der Waals surface area contributed by atoms with E-state index in [0.717, 1.165) is 23.8 Å². The molecule has 1 aromatic carbocycles. The Hall–Kier alpha value is -0.860. The van der Waals surface area contributed by atoms with Gasteiger partial charge in [-0.2, -0.15) is 0 Å². The molecule has 0 amide bonds. The molecule has 16 heavy (non-hydrogen) atoms. The van der Waals surface area contributed by atoms with Crippen LogP contribution in [0.3, 0.4) is 0 Å². The number of hydrogen-bond acceptors (Lipinski definition) is 2. The zero-order valence-electron chi connectivity index (χ0n) is 9.45. The van der Waals surface area contributed by atoms with Crippen LogP contribution in [0.2, 0.25) is 0 Å². The zero-order chi connectivity index (χ0) is 10.5. The largest absolute Gasteiger partial charge is 0.316 e. The molecule has 1 saturated carbocycles. The quantitative estimate of drug-likeness (QED) is 0.788. The third-order valence-corrected chi connectivity index (χ3v) is 4.55. The lowest BCUT2D eigenvalue weighted by Gasteiger charge is -2.27. The molecule has 0 bridgehead atoms. The van der Waals surface area contributed by atoms with Crippen molar-refractivity contribution in [2.45, 2.75) is 18.4 Å². The second kappa shape index (κ2) is 3.31. The fraction of sp³-hybridized carbons (Fsp3) is 0.571. The minimum atomic E-state index is 0.787. The summed E-state index contributed by atoms with van der Waals surface area (Å²) >= 11 is 0. The molecule has 0 aromatic heterocycles. The lowest BCUT2D eigenvalue weighted by atomic mass is 10.0. The van der Waals surface area contributed by atoms with Crippen molar-refractivity contribution in [3.8, 4) is 0 Å². The fourth-order valence-electron chi connectivity index (χ4n) is 3.42. The smallest absolute Gasteiger partial charge is 0.0177 e. The number of rotatable bonds is 3. The van der Waals surface area contributed by atoms with E-state index in [1.54, 1.807) is 11.1 Å². The molecule has 1 saturated heterocycles. The maximum Gasteiger partial charge on any atom is 0.0177 e. The van der Waals surface area contributed by atoms with Crippen LogP contribution in [0, 0.1) is 11.8 Å². The number of fused-ring (bicyclic) bond motifs is 3. The Morgan fingerprint density at radius 3 is 2.94 bits per heavy atom. The van der Waals surface area contributed by atoms with Crippen LogP contribution in [0.4, 0.5) is 0 Å². The number of nitrogens with one attached hydrogen (secondary N) is 2. The lowest BCUT2D eigenvalue weighted by Crippen LogP contribution is -2.47. The van der Waals surface area contributed by atoms with Gasteiger partial charge in [0.25, 0.3) is 0 Å². The van der Waals surface area contributed by atoms with Crippen LogP contribution in [0.1, 0.15) is 17.0 Å². The van der Waals surface area contributed by atoms with E-state index in [1.165, 1.54) is 26.1 Å². The molecule has 0 radical (unpaired) electrons. The summed E-state index contributed by atoms with van der Waals surface area (Å²) in [5.41, 5.74) is 3.22.